The highest BCUT2D eigenvalue weighted by molar-refractivity contribution is 7.91. The van der Waals surface area contributed by atoms with Crippen molar-refractivity contribution in [1.29, 1.82) is 0 Å². The number of pyridine rings is 1. The summed E-state index contributed by atoms with van der Waals surface area (Å²) < 4.78 is 34.3. The predicted molar refractivity (Wildman–Crippen MR) is 131 cm³/mol. The lowest BCUT2D eigenvalue weighted by Gasteiger charge is -2.16. The Morgan fingerprint density at radius 1 is 0.970 bits per heavy atom. The van der Waals surface area contributed by atoms with Crippen molar-refractivity contribution in [3.05, 3.63) is 98.8 Å². The Morgan fingerprint density at radius 2 is 1.70 bits per heavy atom. The molecule has 0 fully saturated rings. The van der Waals surface area contributed by atoms with Gasteiger partial charge in [-0.05, 0) is 74.4 Å². The molecular formula is C26H24ClNO4S. The molecule has 1 heterocycles. The SMILES string of the molecule is CCOc1ccc2c(c1)c(=O)c(S(=O)(=O)c1ccc(Cl)cc1)cn2Cc1cc(C)ccc1C. The zero-order valence-electron chi connectivity index (χ0n) is 18.6. The number of aromatic nitrogens is 1. The normalized spacial score (nSPS) is 11.6. The number of ether oxygens (including phenoxy) is 1. The van der Waals surface area contributed by atoms with Crippen LogP contribution in [0.1, 0.15) is 23.6 Å². The largest absolute Gasteiger partial charge is 0.494 e. The van der Waals surface area contributed by atoms with Crippen molar-refractivity contribution < 1.29 is 13.2 Å². The molecule has 0 bridgehead atoms. The van der Waals surface area contributed by atoms with Crippen LogP contribution >= 0.6 is 11.6 Å². The summed E-state index contributed by atoms with van der Waals surface area (Å²) in [6.45, 7) is 6.73. The van der Waals surface area contributed by atoms with Crippen molar-refractivity contribution >= 4 is 32.3 Å². The van der Waals surface area contributed by atoms with Gasteiger partial charge in [-0.25, -0.2) is 8.42 Å². The highest BCUT2D eigenvalue weighted by Gasteiger charge is 2.24. The second-order valence-electron chi connectivity index (χ2n) is 7.95. The number of aryl methyl sites for hydroxylation is 2. The highest BCUT2D eigenvalue weighted by Crippen LogP contribution is 2.26. The van der Waals surface area contributed by atoms with E-state index in [-0.39, 0.29) is 9.79 Å². The van der Waals surface area contributed by atoms with E-state index in [4.69, 9.17) is 16.3 Å². The minimum atomic E-state index is -4.07. The first-order valence-corrected chi connectivity index (χ1v) is 12.4. The van der Waals surface area contributed by atoms with Crippen molar-refractivity contribution in [3.8, 4) is 5.75 Å². The molecule has 1 aromatic heterocycles. The van der Waals surface area contributed by atoms with Crippen LogP contribution in [0, 0.1) is 13.8 Å². The third-order valence-corrected chi connectivity index (χ3v) is 7.60. The van der Waals surface area contributed by atoms with Crippen LogP contribution < -0.4 is 10.2 Å². The first-order chi connectivity index (χ1) is 15.7. The molecule has 0 amide bonds. The Hall–Kier alpha value is -3.09. The number of nitrogens with zero attached hydrogens (tertiary/aromatic N) is 1. The lowest BCUT2D eigenvalue weighted by molar-refractivity contribution is 0.340. The van der Waals surface area contributed by atoms with Crippen LogP contribution in [0.15, 0.2) is 81.4 Å². The third-order valence-electron chi connectivity index (χ3n) is 5.59. The van der Waals surface area contributed by atoms with E-state index in [1.54, 1.807) is 18.2 Å². The molecule has 0 aliphatic heterocycles. The van der Waals surface area contributed by atoms with Gasteiger partial charge in [0.2, 0.25) is 15.3 Å². The van der Waals surface area contributed by atoms with E-state index in [1.165, 1.54) is 30.5 Å². The molecule has 7 heteroatoms. The number of rotatable bonds is 6. The van der Waals surface area contributed by atoms with E-state index in [2.05, 4.69) is 6.07 Å². The molecule has 0 saturated heterocycles. The van der Waals surface area contributed by atoms with Crippen molar-refractivity contribution in [2.75, 3.05) is 6.61 Å². The van der Waals surface area contributed by atoms with Crippen molar-refractivity contribution in [2.45, 2.75) is 37.1 Å². The van der Waals surface area contributed by atoms with Gasteiger partial charge in [0.25, 0.3) is 0 Å². The van der Waals surface area contributed by atoms with E-state index >= 15 is 0 Å². The van der Waals surface area contributed by atoms with E-state index in [1.807, 2.05) is 37.5 Å². The molecule has 33 heavy (non-hydrogen) atoms. The van der Waals surface area contributed by atoms with E-state index in [0.717, 1.165) is 16.7 Å². The van der Waals surface area contributed by atoms with Gasteiger partial charge in [0.05, 0.1) is 22.4 Å². The Bertz CT molecular complexity index is 1510. The number of fused-ring (bicyclic) bond motifs is 1. The Kier molecular flexibility index (Phi) is 6.32. The van der Waals surface area contributed by atoms with Crippen LogP contribution in [0.4, 0.5) is 0 Å². The zero-order valence-corrected chi connectivity index (χ0v) is 20.2. The molecule has 170 valence electrons. The second kappa shape index (κ2) is 9.04. The van der Waals surface area contributed by atoms with Crippen molar-refractivity contribution in [1.82, 2.24) is 4.57 Å². The third kappa shape index (κ3) is 4.54. The molecule has 0 atom stereocenters. The average molecular weight is 482 g/mol. The van der Waals surface area contributed by atoms with Gasteiger partial charge in [-0.3, -0.25) is 4.79 Å². The summed E-state index contributed by atoms with van der Waals surface area (Å²) in [5.74, 6) is 0.515. The molecule has 0 spiro atoms. The molecule has 0 aliphatic rings. The molecule has 4 aromatic rings. The van der Waals surface area contributed by atoms with Crippen LogP contribution in [-0.2, 0) is 16.4 Å². The van der Waals surface area contributed by atoms with Gasteiger partial charge in [-0.1, -0.05) is 35.4 Å². The van der Waals surface area contributed by atoms with Gasteiger partial charge < -0.3 is 9.30 Å². The van der Waals surface area contributed by atoms with Crippen LogP contribution in [0.25, 0.3) is 10.9 Å². The monoisotopic (exact) mass is 481 g/mol. The van der Waals surface area contributed by atoms with Crippen LogP contribution in [0.2, 0.25) is 5.02 Å². The standard InChI is InChI=1S/C26H24ClNO4S/c1-4-32-21-9-12-24-23(14-21)26(29)25(33(30,31)22-10-7-20(27)8-11-22)16-28(24)15-19-13-17(2)5-6-18(19)3/h5-14,16H,4,15H2,1-3H3. The van der Waals surface area contributed by atoms with Crippen molar-refractivity contribution in [2.24, 2.45) is 0 Å². The Morgan fingerprint density at radius 3 is 2.39 bits per heavy atom. The second-order valence-corrected chi connectivity index (χ2v) is 10.3. The summed E-state index contributed by atoms with van der Waals surface area (Å²) in [7, 11) is -4.07. The van der Waals surface area contributed by atoms with Crippen LogP contribution in [-0.4, -0.2) is 19.6 Å². The van der Waals surface area contributed by atoms with Crippen LogP contribution in [0.3, 0.4) is 0 Å². The Labute approximate surface area is 198 Å². The van der Waals surface area contributed by atoms with Gasteiger partial charge in [0.1, 0.15) is 10.6 Å². The van der Waals surface area contributed by atoms with Crippen LogP contribution in [0.5, 0.6) is 5.75 Å². The zero-order chi connectivity index (χ0) is 23.8. The molecule has 0 unspecified atom stereocenters. The van der Waals surface area contributed by atoms with Gasteiger partial charge in [-0.2, -0.15) is 0 Å². The summed E-state index contributed by atoms with van der Waals surface area (Å²) in [6.07, 6.45) is 1.44. The quantitative estimate of drug-likeness (QED) is 0.362. The van der Waals surface area contributed by atoms with Gasteiger partial charge in [0, 0.05) is 17.8 Å². The number of benzene rings is 3. The fraction of sp³-hybridized carbons (Fsp3) is 0.192. The molecule has 3 aromatic carbocycles. The fourth-order valence-electron chi connectivity index (χ4n) is 3.82. The smallest absolute Gasteiger partial charge is 0.211 e. The molecule has 0 aliphatic carbocycles. The predicted octanol–water partition coefficient (Wildman–Crippen LogP) is 5.55. The van der Waals surface area contributed by atoms with Gasteiger partial charge >= 0.3 is 0 Å². The number of halogens is 1. The minimum Gasteiger partial charge on any atom is -0.494 e. The topological polar surface area (TPSA) is 65.4 Å². The molecule has 0 N–H and O–H groups in total. The minimum absolute atomic E-state index is 0.0163. The maximum absolute atomic E-state index is 13.5. The number of hydrogen-bond acceptors (Lipinski definition) is 4. The lowest BCUT2D eigenvalue weighted by Crippen LogP contribution is -2.20. The summed E-state index contributed by atoms with van der Waals surface area (Å²) >= 11 is 5.93. The summed E-state index contributed by atoms with van der Waals surface area (Å²) in [4.78, 5) is 13.2. The average Bonchev–Trinajstić information content (AvgIpc) is 2.78. The first-order valence-electron chi connectivity index (χ1n) is 10.6. The summed E-state index contributed by atoms with van der Waals surface area (Å²) in [5.41, 5.74) is 3.32. The number of sulfone groups is 1. The maximum Gasteiger partial charge on any atom is 0.211 e. The summed E-state index contributed by atoms with van der Waals surface area (Å²) in [5, 5.41) is 0.711. The molecule has 5 nitrogen and oxygen atoms in total. The van der Waals surface area contributed by atoms with E-state index in [0.29, 0.717) is 34.8 Å². The van der Waals surface area contributed by atoms with E-state index in [9.17, 15) is 13.2 Å². The molecule has 0 saturated carbocycles. The maximum atomic E-state index is 13.5. The van der Waals surface area contributed by atoms with Gasteiger partial charge in [-0.15, -0.1) is 0 Å². The molecular weight excluding hydrogens is 458 g/mol. The van der Waals surface area contributed by atoms with E-state index < -0.39 is 15.3 Å². The van der Waals surface area contributed by atoms with Gasteiger partial charge in [0.15, 0.2) is 0 Å². The lowest BCUT2D eigenvalue weighted by atomic mass is 10.1. The fourth-order valence-corrected chi connectivity index (χ4v) is 5.32. The number of hydrogen-bond donors (Lipinski definition) is 0. The van der Waals surface area contributed by atoms with Crippen molar-refractivity contribution in [3.63, 3.8) is 0 Å². The molecule has 0 radical (unpaired) electrons. The Balaban J connectivity index is 1.98. The highest BCUT2D eigenvalue weighted by atomic mass is 35.5. The summed E-state index contributed by atoms with van der Waals surface area (Å²) in [6, 6.07) is 17.2. The first kappa shape index (κ1) is 23.1. The molecule has 4 rings (SSSR count).